The van der Waals surface area contributed by atoms with E-state index in [0.29, 0.717) is 30.1 Å². The summed E-state index contributed by atoms with van der Waals surface area (Å²) in [5.74, 6) is -1.66. The highest BCUT2D eigenvalue weighted by molar-refractivity contribution is 7.15. The Kier molecular flexibility index (Phi) is 4.75. The number of carboxylic acid groups (broad SMARTS) is 1. The maximum atomic E-state index is 13.7. The van der Waals surface area contributed by atoms with Gasteiger partial charge in [0.05, 0.1) is 5.92 Å². The second kappa shape index (κ2) is 6.96. The van der Waals surface area contributed by atoms with Crippen molar-refractivity contribution in [1.29, 1.82) is 0 Å². The number of likely N-dealkylation sites (tertiary alicyclic amines) is 1. The molecule has 126 valence electrons. The monoisotopic (exact) mass is 349 g/mol. The number of aliphatic carboxylic acids is 1. The van der Waals surface area contributed by atoms with Crippen LogP contribution < -0.4 is 5.32 Å². The van der Waals surface area contributed by atoms with Crippen molar-refractivity contribution in [1.82, 2.24) is 9.88 Å². The molecule has 3 rings (SSSR count). The summed E-state index contributed by atoms with van der Waals surface area (Å²) in [6, 6.07) is 6.17. The van der Waals surface area contributed by atoms with Crippen molar-refractivity contribution in [3.05, 3.63) is 46.7 Å². The summed E-state index contributed by atoms with van der Waals surface area (Å²) in [5.41, 5.74) is 0.572. The lowest BCUT2D eigenvalue weighted by atomic mass is 10.1. The molecule has 1 aromatic carbocycles. The standard InChI is InChI=1S/C16H16FN3O3S/c17-13-4-2-1-3-10(13)7-12-8-18-15(24-12)19-16(23)20-6-5-11(9-20)14(21)22/h1-4,8,11H,5-7,9H2,(H,21,22)(H,18,19,23)/t11-/m0/s1. The average molecular weight is 349 g/mol. The molecule has 1 aliphatic rings. The summed E-state index contributed by atoms with van der Waals surface area (Å²) in [4.78, 5) is 29.5. The summed E-state index contributed by atoms with van der Waals surface area (Å²) < 4.78 is 13.7. The molecule has 1 aliphatic heterocycles. The number of benzene rings is 1. The lowest BCUT2D eigenvalue weighted by molar-refractivity contribution is -0.141. The molecule has 1 saturated heterocycles. The molecule has 24 heavy (non-hydrogen) atoms. The molecule has 6 nitrogen and oxygen atoms in total. The smallest absolute Gasteiger partial charge is 0.323 e. The first kappa shape index (κ1) is 16.4. The number of halogens is 1. The van der Waals surface area contributed by atoms with E-state index in [0.717, 1.165) is 4.88 Å². The van der Waals surface area contributed by atoms with Crippen LogP contribution in [0.1, 0.15) is 16.9 Å². The van der Waals surface area contributed by atoms with Gasteiger partial charge in [0, 0.05) is 30.6 Å². The molecule has 0 bridgehead atoms. The molecule has 1 aromatic heterocycles. The van der Waals surface area contributed by atoms with Gasteiger partial charge in [0.2, 0.25) is 0 Å². The highest BCUT2D eigenvalue weighted by Gasteiger charge is 2.31. The van der Waals surface area contributed by atoms with E-state index in [1.165, 1.54) is 22.3 Å². The van der Waals surface area contributed by atoms with Crippen LogP contribution in [0.4, 0.5) is 14.3 Å². The first-order chi connectivity index (χ1) is 11.5. The van der Waals surface area contributed by atoms with Crippen LogP contribution >= 0.6 is 11.3 Å². The van der Waals surface area contributed by atoms with Crippen molar-refractivity contribution < 1.29 is 19.1 Å². The molecule has 0 aliphatic carbocycles. The Labute approximate surface area is 141 Å². The largest absolute Gasteiger partial charge is 0.481 e. The zero-order valence-corrected chi connectivity index (χ0v) is 13.6. The number of carbonyl (C=O) groups is 2. The van der Waals surface area contributed by atoms with Gasteiger partial charge in [0.1, 0.15) is 5.82 Å². The Balaban J connectivity index is 1.59. The van der Waals surface area contributed by atoms with Gasteiger partial charge in [-0.15, -0.1) is 11.3 Å². The molecule has 2 aromatic rings. The van der Waals surface area contributed by atoms with Gasteiger partial charge in [-0.25, -0.2) is 14.2 Å². The van der Waals surface area contributed by atoms with Crippen LogP contribution in [-0.2, 0) is 11.2 Å². The van der Waals surface area contributed by atoms with E-state index < -0.39 is 11.9 Å². The molecular formula is C16H16FN3O3S. The number of urea groups is 1. The number of nitrogens with one attached hydrogen (secondary N) is 1. The zero-order valence-electron chi connectivity index (χ0n) is 12.7. The topological polar surface area (TPSA) is 82.5 Å². The molecule has 0 unspecified atom stereocenters. The average Bonchev–Trinajstić information content (AvgIpc) is 3.19. The molecule has 0 radical (unpaired) electrons. The van der Waals surface area contributed by atoms with Crippen molar-refractivity contribution in [2.75, 3.05) is 18.4 Å². The molecule has 2 amide bonds. The third-order valence-corrected chi connectivity index (χ3v) is 4.83. The quantitative estimate of drug-likeness (QED) is 0.889. The second-order valence-corrected chi connectivity index (χ2v) is 6.72. The molecule has 0 spiro atoms. The summed E-state index contributed by atoms with van der Waals surface area (Å²) in [5, 5.41) is 12.1. The molecule has 2 N–H and O–H groups in total. The van der Waals surface area contributed by atoms with Gasteiger partial charge in [-0.05, 0) is 18.1 Å². The minimum atomic E-state index is -0.883. The minimum absolute atomic E-state index is 0.203. The Bertz CT molecular complexity index is 765. The van der Waals surface area contributed by atoms with Crippen LogP contribution in [0.15, 0.2) is 30.5 Å². The van der Waals surface area contributed by atoms with Crippen molar-refractivity contribution >= 4 is 28.5 Å². The van der Waals surface area contributed by atoms with Gasteiger partial charge >= 0.3 is 12.0 Å². The van der Waals surface area contributed by atoms with E-state index in [9.17, 15) is 14.0 Å². The Morgan fingerprint density at radius 3 is 2.92 bits per heavy atom. The van der Waals surface area contributed by atoms with Crippen molar-refractivity contribution in [3.8, 4) is 0 Å². The molecule has 1 fully saturated rings. The third-order valence-electron chi connectivity index (χ3n) is 3.91. The van der Waals surface area contributed by atoms with Crippen molar-refractivity contribution in [2.45, 2.75) is 12.8 Å². The first-order valence-corrected chi connectivity index (χ1v) is 8.31. The Hall–Kier alpha value is -2.48. The lowest BCUT2D eigenvalue weighted by Gasteiger charge is -2.15. The summed E-state index contributed by atoms with van der Waals surface area (Å²) in [7, 11) is 0. The SMILES string of the molecule is O=C(O)[C@H]1CCN(C(=O)Nc2ncc(Cc3ccccc3F)s2)C1. The van der Waals surface area contributed by atoms with E-state index in [-0.39, 0.29) is 18.4 Å². The fourth-order valence-corrected chi connectivity index (χ4v) is 3.42. The van der Waals surface area contributed by atoms with Gasteiger partial charge in [-0.3, -0.25) is 10.1 Å². The second-order valence-electron chi connectivity index (χ2n) is 5.60. The van der Waals surface area contributed by atoms with Crippen LogP contribution in [0, 0.1) is 11.7 Å². The normalized spacial score (nSPS) is 17.0. The maximum Gasteiger partial charge on any atom is 0.323 e. The van der Waals surface area contributed by atoms with Crippen LogP contribution in [0.2, 0.25) is 0 Å². The summed E-state index contributed by atoms with van der Waals surface area (Å²) >= 11 is 1.28. The van der Waals surface area contributed by atoms with Gasteiger partial charge < -0.3 is 10.0 Å². The fraction of sp³-hybridized carbons (Fsp3) is 0.312. The van der Waals surface area contributed by atoms with Gasteiger partial charge in [-0.1, -0.05) is 18.2 Å². The number of amides is 2. The number of carboxylic acids is 1. The molecule has 8 heteroatoms. The number of nitrogens with zero attached hydrogens (tertiary/aromatic N) is 2. The highest BCUT2D eigenvalue weighted by atomic mass is 32.1. The Morgan fingerprint density at radius 2 is 2.21 bits per heavy atom. The molecule has 0 saturated carbocycles. The van der Waals surface area contributed by atoms with Crippen LogP contribution in [0.25, 0.3) is 0 Å². The zero-order chi connectivity index (χ0) is 17.1. The summed E-state index contributed by atoms with van der Waals surface area (Å²) in [6.45, 7) is 0.616. The molecule has 2 heterocycles. The number of hydrogen-bond donors (Lipinski definition) is 2. The maximum absolute atomic E-state index is 13.7. The number of aromatic nitrogens is 1. The van der Waals surface area contributed by atoms with E-state index in [2.05, 4.69) is 10.3 Å². The number of anilines is 1. The number of hydrogen-bond acceptors (Lipinski definition) is 4. The van der Waals surface area contributed by atoms with E-state index >= 15 is 0 Å². The minimum Gasteiger partial charge on any atom is -0.481 e. The van der Waals surface area contributed by atoms with Gasteiger partial charge in [0.15, 0.2) is 5.13 Å². The lowest BCUT2D eigenvalue weighted by Crippen LogP contribution is -2.33. The predicted molar refractivity (Wildman–Crippen MR) is 87.7 cm³/mol. The fourth-order valence-electron chi connectivity index (χ4n) is 2.59. The van der Waals surface area contributed by atoms with Crippen LogP contribution in [0.5, 0.6) is 0 Å². The van der Waals surface area contributed by atoms with Crippen molar-refractivity contribution in [3.63, 3.8) is 0 Å². The first-order valence-electron chi connectivity index (χ1n) is 7.50. The van der Waals surface area contributed by atoms with Gasteiger partial charge in [-0.2, -0.15) is 0 Å². The number of rotatable bonds is 4. The van der Waals surface area contributed by atoms with Crippen LogP contribution in [0.3, 0.4) is 0 Å². The van der Waals surface area contributed by atoms with E-state index in [1.807, 2.05) is 0 Å². The Morgan fingerprint density at radius 1 is 1.42 bits per heavy atom. The predicted octanol–water partition coefficient (Wildman–Crippen LogP) is 2.81. The van der Waals surface area contributed by atoms with E-state index in [1.54, 1.807) is 24.4 Å². The third kappa shape index (κ3) is 3.70. The van der Waals surface area contributed by atoms with Crippen LogP contribution in [-0.4, -0.2) is 40.1 Å². The molecule has 1 atom stereocenters. The van der Waals surface area contributed by atoms with E-state index in [4.69, 9.17) is 5.11 Å². The number of thiazole rings is 1. The number of carbonyl (C=O) groups excluding carboxylic acids is 1. The van der Waals surface area contributed by atoms with Crippen molar-refractivity contribution in [2.24, 2.45) is 5.92 Å². The summed E-state index contributed by atoms with van der Waals surface area (Å²) in [6.07, 6.45) is 2.47. The molecular weight excluding hydrogens is 333 g/mol. The van der Waals surface area contributed by atoms with Gasteiger partial charge in [0.25, 0.3) is 0 Å². The highest BCUT2D eigenvalue weighted by Crippen LogP contribution is 2.23.